The summed E-state index contributed by atoms with van der Waals surface area (Å²) >= 11 is 0. The van der Waals surface area contributed by atoms with Crippen molar-refractivity contribution in [2.24, 2.45) is 0 Å². The third-order valence-corrected chi connectivity index (χ3v) is 6.69. The van der Waals surface area contributed by atoms with E-state index >= 15 is 0 Å². The number of hydrogen-bond acceptors (Lipinski definition) is 7. The second-order valence-corrected chi connectivity index (χ2v) is 8.84. The lowest BCUT2D eigenvalue weighted by Gasteiger charge is -2.36. The van der Waals surface area contributed by atoms with Crippen LogP contribution < -0.4 is 0 Å². The lowest BCUT2D eigenvalue weighted by atomic mass is 10.2. The van der Waals surface area contributed by atoms with Crippen LogP contribution >= 0.6 is 0 Å². The topological polar surface area (TPSA) is 103 Å². The summed E-state index contributed by atoms with van der Waals surface area (Å²) in [6.45, 7) is 7.93. The Kier molecular flexibility index (Phi) is 5.60. The van der Waals surface area contributed by atoms with Gasteiger partial charge < -0.3 is 4.52 Å². The summed E-state index contributed by atoms with van der Waals surface area (Å²) in [4.78, 5) is 6.79. The van der Waals surface area contributed by atoms with Crippen molar-refractivity contribution in [3.8, 4) is 6.07 Å². The minimum atomic E-state index is -3.56. The molecule has 1 fully saturated rings. The maximum absolute atomic E-state index is 12.8. The average Bonchev–Trinajstić information content (AvgIpc) is 3.18. The van der Waals surface area contributed by atoms with Crippen molar-refractivity contribution in [1.82, 2.24) is 19.3 Å². The fraction of sp³-hybridized carbons (Fsp3) is 0.500. The van der Waals surface area contributed by atoms with Crippen LogP contribution in [0.3, 0.4) is 0 Å². The molecule has 144 valence electrons. The monoisotopic (exact) mass is 389 g/mol. The van der Waals surface area contributed by atoms with Crippen LogP contribution in [0, 0.1) is 11.3 Å². The van der Waals surface area contributed by atoms with Gasteiger partial charge in [0.2, 0.25) is 15.9 Å². The number of nitriles is 1. The molecule has 0 radical (unpaired) electrons. The van der Waals surface area contributed by atoms with Crippen LogP contribution in [0.4, 0.5) is 0 Å². The van der Waals surface area contributed by atoms with E-state index in [4.69, 9.17) is 9.78 Å². The second-order valence-electron chi connectivity index (χ2n) is 6.90. The van der Waals surface area contributed by atoms with Gasteiger partial charge in [-0.2, -0.15) is 14.6 Å². The van der Waals surface area contributed by atoms with Crippen molar-refractivity contribution in [2.45, 2.75) is 37.6 Å². The molecule has 0 aliphatic carbocycles. The molecule has 8 nitrogen and oxygen atoms in total. The molecular weight excluding hydrogens is 366 g/mol. The first-order valence-electron chi connectivity index (χ1n) is 8.91. The minimum absolute atomic E-state index is 0.0650. The van der Waals surface area contributed by atoms with Crippen molar-refractivity contribution in [3.05, 3.63) is 41.5 Å². The summed E-state index contributed by atoms with van der Waals surface area (Å²) in [6.07, 6.45) is 0. The molecule has 0 N–H and O–H groups in total. The van der Waals surface area contributed by atoms with Gasteiger partial charge in [0, 0.05) is 32.1 Å². The van der Waals surface area contributed by atoms with Gasteiger partial charge in [-0.05, 0) is 31.2 Å². The third-order valence-electron chi connectivity index (χ3n) is 4.77. The van der Waals surface area contributed by atoms with E-state index in [-0.39, 0.29) is 16.9 Å². The first-order valence-corrected chi connectivity index (χ1v) is 10.3. The molecule has 2 heterocycles. The summed E-state index contributed by atoms with van der Waals surface area (Å²) in [7, 11) is -3.56. The van der Waals surface area contributed by atoms with E-state index in [9.17, 15) is 8.42 Å². The van der Waals surface area contributed by atoms with E-state index in [0.717, 1.165) is 0 Å². The normalized spacial score (nSPS) is 17.7. The molecule has 3 rings (SSSR count). The molecular formula is C18H23N5O3S. The molecule has 1 aliphatic heterocycles. The number of sulfonamides is 1. The minimum Gasteiger partial charge on any atom is -0.338 e. The number of benzene rings is 1. The fourth-order valence-electron chi connectivity index (χ4n) is 2.99. The number of rotatable bonds is 5. The van der Waals surface area contributed by atoms with Gasteiger partial charge >= 0.3 is 0 Å². The van der Waals surface area contributed by atoms with Gasteiger partial charge in [-0.25, -0.2) is 8.42 Å². The number of piperazine rings is 1. The summed E-state index contributed by atoms with van der Waals surface area (Å²) in [5.74, 6) is 1.44. The highest BCUT2D eigenvalue weighted by atomic mass is 32.2. The van der Waals surface area contributed by atoms with E-state index in [1.165, 1.54) is 28.6 Å². The van der Waals surface area contributed by atoms with Gasteiger partial charge in [-0.1, -0.05) is 19.0 Å². The molecule has 0 amide bonds. The van der Waals surface area contributed by atoms with Crippen molar-refractivity contribution in [3.63, 3.8) is 0 Å². The van der Waals surface area contributed by atoms with Crippen LogP contribution in [0.2, 0.25) is 0 Å². The van der Waals surface area contributed by atoms with E-state index in [2.05, 4.69) is 15.0 Å². The molecule has 1 atom stereocenters. The van der Waals surface area contributed by atoms with Gasteiger partial charge in [0.05, 0.1) is 22.6 Å². The van der Waals surface area contributed by atoms with Crippen LogP contribution in [0.15, 0.2) is 33.7 Å². The molecule has 0 saturated carbocycles. The van der Waals surface area contributed by atoms with Crippen molar-refractivity contribution < 1.29 is 12.9 Å². The second kappa shape index (κ2) is 7.76. The van der Waals surface area contributed by atoms with Gasteiger partial charge in [0.15, 0.2) is 5.82 Å². The Morgan fingerprint density at radius 2 is 1.74 bits per heavy atom. The Hall–Kier alpha value is -2.28. The third kappa shape index (κ3) is 4.03. The van der Waals surface area contributed by atoms with Crippen LogP contribution in [-0.4, -0.2) is 53.9 Å². The van der Waals surface area contributed by atoms with Crippen LogP contribution in [-0.2, 0) is 10.0 Å². The Balaban J connectivity index is 1.66. The summed E-state index contributed by atoms with van der Waals surface area (Å²) in [5.41, 5.74) is 0.438. The zero-order valence-electron chi connectivity index (χ0n) is 15.7. The average molecular weight is 389 g/mol. The maximum atomic E-state index is 12.8. The molecule has 0 bridgehead atoms. The van der Waals surface area contributed by atoms with Gasteiger partial charge in [0.25, 0.3) is 0 Å². The lowest BCUT2D eigenvalue weighted by Crippen LogP contribution is -2.49. The molecule has 1 aromatic carbocycles. The summed E-state index contributed by atoms with van der Waals surface area (Å²) in [5, 5.41) is 12.9. The van der Waals surface area contributed by atoms with E-state index < -0.39 is 10.0 Å². The van der Waals surface area contributed by atoms with Gasteiger partial charge in [-0.3, -0.25) is 4.90 Å². The molecule has 0 spiro atoms. The van der Waals surface area contributed by atoms with Crippen molar-refractivity contribution in [1.29, 1.82) is 5.26 Å². The molecule has 9 heteroatoms. The lowest BCUT2D eigenvalue weighted by molar-refractivity contribution is 0.124. The van der Waals surface area contributed by atoms with Gasteiger partial charge in [0.1, 0.15) is 0 Å². The largest absolute Gasteiger partial charge is 0.338 e. The molecule has 27 heavy (non-hydrogen) atoms. The highest BCUT2D eigenvalue weighted by Crippen LogP contribution is 2.24. The number of nitrogens with zero attached hydrogens (tertiary/aromatic N) is 5. The predicted molar refractivity (Wildman–Crippen MR) is 98.3 cm³/mol. The summed E-state index contributed by atoms with van der Waals surface area (Å²) < 4.78 is 32.4. The highest BCUT2D eigenvalue weighted by Gasteiger charge is 2.31. The molecule has 0 unspecified atom stereocenters. The Morgan fingerprint density at radius 1 is 1.11 bits per heavy atom. The molecule has 1 aliphatic rings. The predicted octanol–water partition coefficient (Wildman–Crippen LogP) is 2.13. The zero-order valence-corrected chi connectivity index (χ0v) is 16.5. The SMILES string of the molecule is CC(C)c1noc([C@H](C)N2CCN(S(=O)(=O)c3ccc(C#N)cc3)CC2)n1. The first-order chi connectivity index (χ1) is 12.8. The number of hydrogen-bond donors (Lipinski definition) is 0. The quantitative estimate of drug-likeness (QED) is 0.771. The van der Waals surface area contributed by atoms with Crippen LogP contribution in [0.25, 0.3) is 0 Å². The Labute approximate surface area is 159 Å². The zero-order chi connectivity index (χ0) is 19.6. The first kappa shape index (κ1) is 19.5. The van der Waals surface area contributed by atoms with Crippen molar-refractivity contribution >= 4 is 10.0 Å². The fourth-order valence-corrected chi connectivity index (χ4v) is 4.41. The number of aromatic nitrogens is 2. The Bertz CT molecular complexity index is 923. The maximum Gasteiger partial charge on any atom is 0.243 e. The van der Waals surface area contributed by atoms with Gasteiger partial charge in [-0.15, -0.1) is 0 Å². The smallest absolute Gasteiger partial charge is 0.243 e. The highest BCUT2D eigenvalue weighted by molar-refractivity contribution is 7.89. The Morgan fingerprint density at radius 3 is 2.26 bits per heavy atom. The summed E-state index contributed by atoms with van der Waals surface area (Å²) in [6, 6.07) is 7.93. The standard InChI is InChI=1S/C18H23N5O3S/c1-13(2)17-20-18(26-21-17)14(3)22-8-10-23(11-9-22)27(24,25)16-6-4-15(12-19)5-7-16/h4-7,13-14H,8-11H2,1-3H3/t14-/m0/s1. The van der Waals surface area contributed by atoms with Crippen LogP contribution in [0.5, 0.6) is 0 Å². The van der Waals surface area contributed by atoms with Crippen LogP contribution in [0.1, 0.15) is 50.0 Å². The van der Waals surface area contributed by atoms with Crippen molar-refractivity contribution in [2.75, 3.05) is 26.2 Å². The van der Waals surface area contributed by atoms with E-state index in [1.54, 1.807) is 0 Å². The van der Waals surface area contributed by atoms with E-state index in [0.29, 0.717) is 43.5 Å². The molecule has 1 aromatic heterocycles. The van der Waals surface area contributed by atoms with E-state index in [1.807, 2.05) is 26.8 Å². The molecule has 1 saturated heterocycles. The molecule has 2 aromatic rings.